The van der Waals surface area contributed by atoms with Gasteiger partial charge >= 0.3 is 0 Å². The van der Waals surface area contributed by atoms with Crippen LogP contribution in [-0.2, 0) is 0 Å². The molecule has 0 aliphatic carbocycles. The molecular weight excluding hydrogens is 514 g/mol. The number of hydrogen-bond acceptors (Lipinski definition) is 1. The molecule has 0 saturated carbocycles. The standard InChI is InChI=1S/C27H17Br2NO/c1-31-26-17-14-25(15-18-26)30-24(5-3-2-4-20-6-10-22(28)11-7-20)16-19-27(30)21-8-12-23(29)13-9-21/h6-19H,1H3. The molecule has 0 N–H and O–H groups in total. The Balaban J connectivity index is 1.74. The van der Waals surface area contributed by atoms with Crippen molar-refractivity contribution in [1.29, 1.82) is 0 Å². The molecular formula is C27H17Br2NO. The van der Waals surface area contributed by atoms with Crippen LogP contribution in [0.2, 0.25) is 0 Å². The van der Waals surface area contributed by atoms with Crippen molar-refractivity contribution in [2.45, 2.75) is 0 Å². The van der Waals surface area contributed by atoms with Gasteiger partial charge in [-0.25, -0.2) is 0 Å². The summed E-state index contributed by atoms with van der Waals surface area (Å²) in [5.74, 6) is 13.1. The molecule has 0 unspecified atom stereocenters. The lowest BCUT2D eigenvalue weighted by atomic mass is 10.1. The molecule has 150 valence electrons. The van der Waals surface area contributed by atoms with Gasteiger partial charge in [-0.1, -0.05) is 49.9 Å². The van der Waals surface area contributed by atoms with Gasteiger partial charge in [-0.3, -0.25) is 0 Å². The van der Waals surface area contributed by atoms with E-state index in [2.05, 4.69) is 78.3 Å². The Kier molecular flexibility index (Phi) is 6.63. The first-order valence-electron chi connectivity index (χ1n) is 9.54. The van der Waals surface area contributed by atoms with Crippen LogP contribution in [-0.4, -0.2) is 11.7 Å². The highest BCUT2D eigenvalue weighted by Crippen LogP contribution is 2.28. The third kappa shape index (κ3) is 5.12. The van der Waals surface area contributed by atoms with E-state index in [0.29, 0.717) is 0 Å². The average molecular weight is 531 g/mol. The van der Waals surface area contributed by atoms with Crippen LogP contribution >= 0.6 is 31.9 Å². The van der Waals surface area contributed by atoms with E-state index in [1.54, 1.807) is 7.11 Å². The fourth-order valence-electron chi connectivity index (χ4n) is 3.12. The number of aromatic nitrogens is 1. The normalized spacial score (nSPS) is 9.90. The van der Waals surface area contributed by atoms with Gasteiger partial charge in [0.2, 0.25) is 0 Å². The van der Waals surface area contributed by atoms with Gasteiger partial charge in [0, 0.05) is 20.2 Å². The Hall–Kier alpha value is -3.18. The Morgan fingerprint density at radius 3 is 1.94 bits per heavy atom. The number of ether oxygens (including phenoxy) is 1. The zero-order valence-electron chi connectivity index (χ0n) is 16.7. The van der Waals surface area contributed by atoms with Crippen molar-refractivity contribution in [3.05, 3.63) is 105 Å². The van der Waals surface area contributed by atoms with Crippen LogP contribution in [0.4, 0.5) is 0 Å². The molecule has 1 heterocycles. The summed E-state index contributed by atoms with van der Waals surface area (Å²) >= 11 is 6.94. The maximum absolute atomic E-state index is 5.31. The van der Waals surface area contributed by atoms with Crippen molar-refractivity contribution in [2.24, 2.45) is 0 Å². The second-order valence-electron chi connectivity index (χ2n) is 6.65. The summed E-state index contributed by atoms with van der Waals surface area (Å²) in [5.41, 5.74) is 4.97. The summed E-state index contributed by atoms with van der Waals surface area (Å²) in [5, 5.41) is 0. The Morgan fingerprint density at radius 1 is 0.677 bits per heavy atom. The van der Waals surface area contributed by atoms with Crippen LogP contribution in [0.1, 0.15) is 11.3 Å². The highest BCUT2D eigenvalue weighted by molar-refractivity contribution is 9.10. The van der Waals surface area contributed by atoms with Crippen LogP contribution in [0.3, 0.4) is 0 Å². The Labute approximate surface area is 199 Å². The number of benzene rings is 3. The predicted molar refractivity (Wildman–Crippen MR) is 133 cm³/mol. The van der Waals surface area contributed by atoms with E-state index < -0.39 is 0 Å². The molecule has 4 rings (SSSR count). The minimum absolute atomic E-state index is 0.814. The van der Waals surface area contributed by atoms with Gasteiger partial charge in [-0.2, -0.15) is 0 Å². The van der Waals surface area contributed by atoms with Crippen molar-refractivity contribution in [3.8, 4) is 46.4 Å². The fourth-order valence-corrected chi connectivity index (χ4v) is 3.65. The third-order valence-electron chi connectivity index (χ3n) is 4.66. The summed E-state index contributed by atoms with van der Waals surface area (Å²) in [7, 11) is 1.67. The summed E-state index contributed by atoms with van der Waals surface area (Å²) < 4.78 is 9.52. The molecule has 0 atom stereocenters. The van der Waals surface area contributed by atoms with Crippen LogP contribution < -0.4 is 4.74 Å². The first-order chi connectivity index (χ1) is 15.1. The van der Waals surface area contributed by atoms with Crippen molar-refractivity contribution >= 4 is 31.9 Å². The zero-order chi connectivity index (χ0) is 21.6. The molecule has 0 amide bonds. The summed E-state index contributed by atoms with van der Waals surface area (Å²) in [6, 6.07) is 28.2. The molecule has 0 aliphatic rings. The largest absolute Gasteiger partial charge is 0.497 e. The van der Waals surface area contributed by atoms with Gasteiger partial charge in [-0.15, -0.1) is 0 Å². The van der Waals surface area contributed by atoms with Crippen LogP contribution in [0.25, 0.3) is 16.9 Å². The van der Waals surface area contributed by atoms with Gasteiger partial charge < -0.3 is 9.30 Å². The molecule has 1 aromatic heterocycles. The summed E-state index contributed by atoms with van der Waals surface area (Å²) in [4.78, 5) is 0. The molecule has 0 aliphatic heterocycles. The lowest BCUT2D eigenvalue weighted by molar-refractivity contribution is 0.415. The number of halogens is 2. The predicted octanol–water partition coefficient (Wildman–Crippen LogP) is 7.08. The van der Waals surface area contributed by atoms with Gasteiger partial charge in [0.25, 0.3) is 0 Å². The van der Waals surface area contributed by atoms with Gasteiger partial charge in [-0.05, 0) is 96.1 Å². The minimum Gasteiger partial charge on any atom is -0.497 e. The SMILES string of the molecule is COc1ccc(-n2c(C#CC#Cc3ccc(Br)cc3)ccc2-c2ccc(Br)cc2)cc1. The van der Waals surface area contributed by atoms with E-state index in [1.807, 2.05) is 66.7 Å². The Bertz CT molecular complexity index is 1310. The first kappa shape index (κ1) is 21.1. The lowest BCUT2D eigenvalue weighted by Crippen LogP contribution is -1.99. The van der Waals surface area contributed by atoms with Crippen LogP contribution in [0.15, 0.2) is 93.9 Å². The van der Waals surface area contributed by atoms with E-state index in [0.717, 1.165) is 42.9 Å². The molecule has 0 saturated heterocycles. The molecule has 0 spiro atoms. The van der Waals surface area contributed by atoms with Crippen molar-refractivity contribution in [2.75, 3.05) is 7.11 Å². The lowest BCUT2D eigenvalue weighted by Gasteiger charge is -2.12. The van der Waals surface area contributed by atoms with Gasteiger partial charge in [0.15, 0.2) is 0 Å². The monoisotopic (exact) mass is 529 g/mol. The third-order valence-corrected chi connectivity index (χ3v) is 5.71. The highest BCUT2D eigenvalue weighted by atomic mass is 79.9. The smallest absolute Gasteiger partial charge is 0.119 e. The van der Waals surface area contributed by atoms with E-state index in [-0.39, 0.29) is 0 Å². The molecule has 2 nitrogen and oxygen atoms in total. The van der Waals surface area contributed by atoms with Crippen molar-refractivity contribution in [1.82, 2.24) is 4.57 Å². The van der Waals surface area contributed by atoms with Crippen LogP contribution in [0.5, 0.6) is 5.75 Å². The van der Waals surface area contributed by atoms with Crippen molar-refractivity contribution in [3.63, 3.8) is 0 Å². The summed E-state index contributed by atoms with van der Waals surface area (Å²) in [6.07, 6.45) is 0. The molecule has 0 radical (unpaired) electrons. The molecule has 4 heteroatoms. The second kappa shape index (κ2) is 9.75. The van der Waals surface area contributed by atoms with E-state index in [9.17, 15) is 0 Å². The second-order valence-corrected chi connectivity index (χ2v) is 8.48. The quantitative estimate of drug-likeness (QED) is 0.258. The summed E-state index contributed by atoms with van der Waals surface area (Å²) in [6.45, 7) is 0. The molecule has 4 aromatic rings. The highest BCUT2D eigenvalue weighted by Gasteiger charge is 2.11. The first-order valence-corrected chi connectivity index (χ1v) is 11.1. The van der Waals surface area contributed by atoms with Gasteiger partial charge in [0.05, 0.1) is 18.5 Å². The maximum Gasteiger partial charge on any atom is 0.119 e. The van der Waals surface area contributed by atoms with Crippen molar-refractivity contribution < 1.29 is 4.74 Å². The molecule has 0 bridgehead atoms. The topological polar surface area (TPSA) is 14.2 Å². The molecule has 0 fully saturated rings. The number of rotatable bonds is 3. The van der Waals surface area contributed by atoms with E-state index in [4.69, 9.17) is 4.74 Å². The molecule has 3 aromatic carbocycles. The van der Waals surface area contributed by atoms with E-state index in [1.165, 1.54) is 0 Å². The minimum atomic E-state index is 0.814. The molecule has 31 heavy (non-hydrogen) atoms. The Morgan fingerprint density at radius 2 is 1.29 bits per heavy atom. The number of nitrogens with zero attached hydrogens (tertiary/aromatic N) is 1. The maximum atomic E-state index is 5.31. The average Bonchev–Trinajstić information content (AvgIpc) is 3.22. The zero-order valence-corrected chi connectivity index (χ0v) is 19.9. The fraction of sp³-hybridized carbons (Fsp3) is 0.0370. The number of methoxy groups -OCH3 is 1. The van der Waals surface area contributed by atoms with E-state index >= 15 is 0 Å². The van der Waals surface area contributed by atoms with Gasteiger partial charge in [0.1, 0.15) is 5.75 Å². The van der Waals surface area contributed by atoms with Crippen LogP contribution in [0, 0.1) is 23.7 Å². The number of hydrogen-bond donors (Lipinski definition) is 0.